The van der Waals surface area contributed by atoms with Gasteiger partial charge in [0, 0.05) is 17.0 Å². The molecular formula is C19H18IN3O3S. The fourth-order valence-electron chi connectivity index (χ4n) is 2.48. The van der Waals surface area contributed by atoms with Gasteiger partial charge in [-0.2, -0.15) is 0 Å². The van der Waals surface area contributed by atoms with Crippen LogP contribution in [0.1, 0.15) is 6.42 Å². The fraction of sp³-hybridized carbons (Fsp3) is 0.211. The number of anilines is 1. The van der Waals surface area contributed by atoms with E-state index in [0.29, 0.717) is 16.6 Å². The summed E-state index contributed by atoms with van der Waals surface area (Å²) in [6.45, 7) is 0. The Morgan fingerprint density at radius 3 is 2.67 bits per heavy atom. The fourth-order valence-corrected chi connectivity index (χ4v) is 3.91. The molecule has 140 valence electrons. The molecule has 6 nitrogen and oxygen atoms in total. The molecule has 2 aromatic rings. The number of para-hydroxylation sites is 2. The van der Waals surface area contributed by atoms with Crippen LogP contribution >= 0.6 is 34.4 Å². The number of rotatable bonds is 4. The van der Waals surface area contributed by atoms with E-state index in [4.69, 9.17) is 4.74 Å². The van der Waals surface area contributed by atoms with Gasteiger partial charge in [0.25, 0.3) is 0 Å². The highest BCUT2D eigenvalue weighted by Crippen LogP contribution is 2.30. The summed E-state index contributed by atoms with van der Waals surface area (Å²) in [6, 6.07) is 14.8. The van der Waals surface area contributed by atoms with Crippen LogP contribution in [-0.2, 0) is 9.59 Å². The van der Waals surface area contributed by atoms with Crippen LogP contribution in [0.25, 0.3) is 0 Å². The second-order valence-electron chi connectivity index (χ2n) is 5.82. The number of halogens is 1. The first kappa shape index (κ1) is 19.7. The third kappa shape index (κ3) is 4.81. The second-order valence-corrected chi connectivity index (χ2v) is 8.24. The Kier molecular flexibility index (Phi) is 6.38. The number of amidine groups is 1. The van der Waals surface area contributed by atoms with Gasteiger partial charge in [0.05, 0.1) is 18.5 Å². The van der Waals surface area contributed by atoms with Crippen LogP contribution in [0.5, 0.6) is 5.75 Å². The Bertz CT molecular complexity index is 886. The predicted octanol–water partition coefficient (Wildman–Crippen LogP) is 3.89. The number of nitrogens with one attached hydrogen (secondary N) is 1. The van der Waals surface area contributed by atoms with E-state index in [9.17, 15) is 9.59 Å². The van der Waals surface area contributed by atoms with E-state index in [0.717, 1.165) is 9.26 Å². The minimum atomic E-state index is -0.554. The molecule has 1 saturated heterocycles. The molecule has 0 aromatic heterocycles. The molecule has 1 N–H and O–H groups in total. The second kappa shape index (κ2) is 8.75. The number of hydrogen-bond acceptors (Lipinski definition) is 5. The highest BCUT2D eigenvalue weighted by atomic mass is 127. The quantitative estimate of drug-likeness (QED) is 0.654. The Labute approximate surface area is 175 Å². The first-order valence-electron chi connectivity index (χ1n) is 8.19. The molecule has 1 heterocycles. The first-order chi connectivity index (χ1) is 13.0. The van der Waals surface area contributed by atoms with Gasteiger partial charge < -0.3 is 10.1 Å². The molecule has 0 saturated carbocycles. The average molecular weight is 495 g/mol. The predicted molar refractivity (Wildman–Crippen MR) is 117 cm³/mol. The maximum atomic E-state index is 12.7. The van der Waals surface area contributed by atoms with E-state index in [1.54, 1.807) is 26.3 Å². The van der Waals surface area contributed by atoms with Crippen LogP contribution in [0.2, 0.25) is 0 Å². The summed E-state index contributed by atoms with van der Waals surface area (Å²) in [6.07, 6.45) is 0.119. The molecule has 2 aromatic carbocycles. The number of amides is 2. The zero-order valence-corrected chi connectivity index (χ0v) is 17.8. The smallest absolute Gasteiger partial charge is 0.238 e. The summed E-state index contributed by atoms with van der Waals surface area (Å²) in [7, 11) is 3.22. The molecule has 0 bridgehead atoms. The van der Waals surface area contributed by atoms with E-state index in [1.807, 2.05) is 36.4 Å². The minimum Gasteiger partial charge on any atom is -0.495 e. The normalized spacial score (nSPS) is 18.5. The molecule has 8 heteroatoms. The van der Waals surface area contributed by atoms with E-state index < -0.39 is 5.25 Å². The number of ether oxygens (including phenoxy) is 1. The highest BCUT2D eigenvalue weighted by molar-refractivity contribution is 14.1. The van der Waals surface area contributed by atoms with Gasteiger partial charge in [-0.25, -0.2) is 4.99 Å². The van der Waals surface area contributed by atoms with Crippen molar-refractivity contribution in [2.24, 2.45) is 4.99 Å². The van der Waals surface area contributed by atoms with Crippen molar-refractivity contribution in [3.05, 3.63) is 52.1 Å². The van der Waals surface area contributed by atoms with Crippen molar-refractivity contribution in [1.82, 2.24) is 4.90 Å². The first-order valence-corrected chi connectivity index (χ1v) is 10.1. The number of hydrogen-bond donors (Lipinski definition) is 1. The Morgan fingerprint density at radius 2 is 1.96 bits per heavy atom. The lowest BCUT2D eigenvalue weighted by molar-refractivity contribution is -0.128. The Morgan fingerprint density at radius 1 is 1.26 bits per heavy atom. The number of methoxy groups -OCH3 is 1. The van der Waals surface area contributed by atoms with Crippen molar-refractivity contribution in [2.75, 3.05) is 19.5 Å². The minimum absolute atomic E-state index is 0.119. The maximum Gasteiger partial charge on any atom is 0.238 e. The van der Waals surface area contributed by atoms with E-state index in [-0.39, 0.29) is 18.2 Å². The average Bonchev–Trinajstić information content (AvgIpc) is 2.67. The molecule has 1 aliphatic rings. The molecule has 1 unspecified atom stereocenters. The molecule has 2 amide bonds. The van der Waals surface area contributed by atoms with Gasteiger partial charge in [-0.3, -0.25) is 14.5 Å². The van der Waals surface area contributed by atoms with Gasteiger partial charge in [-0.15, -0.1) is 0 Å². The van der Waals surface area contributed by atoms with E-state index in [1.165, 1.54) is 16.7 Å². The molecule has 0 spiro atoms. The monoisotopic (exact) mass is 495 g/mol. The topological polar surface area (TPSA) is 71.0 Å². The maximum absolute atomic E-state index is 12.7. The number of benzene rings is 2. The zero-order chi connectivity index (χ0) is 19.4. The van der Waals surface area contributed by atoms with Crippen molar-refractivity contribution < 1.29 is 14.3 Å². The largest absolute Gasteiger partial charge is 0.495 e. The van der Waals surface area contributed by atoms with Crippen LogP contribution in [0.15, 0.2) is 53.5 Å². The molecule has 1 aliphatic heterocycles. The van der Waals surface area contributed by atoms with Gasteiger partial charge in [0.2, 0.25) is 11.8 Å². The summed E-state index contributed by atoms with van der Waals surface area (Å²) in [5.41, 5.74) is 1.32. The Hall–Kier alpha value is -2.07. The van der Waals surface area contributed by atoms with Gasteiger partial charge in [0.15, 0.2) is 5.17 Å². The lowest BCUT2D eigenvalue weighted by Crippen LogP contribution is -2.43. The highest BCUT2D eigenvalue weighted by Gasteiger charge is 2.34. The summed E-state index contributed by atoms with van der Waals surface area (Å²) in [5, 5.41) is 2.80. The molecule has 0 radical (unpaired) electrons. The number of carbonyl (C=O) groups excluding carboxylic acids is 2. The summed E-state index contributed by atoms with van der Waals surface area (Å²) in [4.78, 5) is 31.1. The molecular weight excluding hydrogens is 477 g/mol. The SMILES string of the molecule is COc1ccccc1NC(=O)C1CC(=O)N(C)C(=Nc2ccc(I)cc2)S1. The van der Waals surface area contributed by atoms with Crippen LogP contribution in [0.3, 0.4) is 0 Å². The van der Waals surface area contributed by atoms with Crippen molar-refractivity contribution in [2.45, 2.75) is 11.7 Å². The van der Waals surface area contributed by atoms with Crippen molar-refractivity contribution >= 4 is 62.7 Å². The van der Waals surface area contributed by atoms with E-state index in [2.05, 4.69) is 32.9 Å². The van der Waals surface area contributed by atoms with Gasteiger partial charge >= 0.3 is 0 Å². The summed E-state index contributed by atoms with van der Waals surface area (Å²) < 4.78 is 6.36. The number of carbonyl (C=O) groups is 2. The third-order valence-electron chi connectivity index (χ3n) is 3.98. The zero-order valence-electron chi connectivity index (χ0n) is 14.8. The molecule has 3 rings (SSSR count). The van der Waals surface area contributed by atoms with Crippen molar-refractivity contribution in [3.8, 4) is 5.75 Å². The van der Waals surface area contributed by atoms with Gasteiger partial charge in [-0.05, 0) is 59.0 Å². The number of thioether (sulfide) groups is 1. The van der Waals surface area contributed by atoms with Crippen LogP contribution < -0.4 is 10.1 Å². The van der Waals surface area contributed by atoms with Crippen molar-refractivity contribution in [1.29, 1.82) is 0 Å². The van der Waals surface area contributed by atoms with E-state index >= 15 is 0 Å². The molecule has 27 heavy (non-hydrogen) atoms. The lowest BCUT2D eigenvalue weighted by atomic mass is 10.2. The van der Waals surface area contributed by atoms with Gasteiger partial charge in [-0.1, -0.05) is 23.9 Å². The summed E-state index contributed by atoms with van der Waals surface area (Å²) in [5.74, 6) is 0.183. The summed E-state index contributed by atoms with van der Waals surface area (Å²) >= 11 is 3.50. The van der Waals surface area contributed by atoms with Gasteiger partial charge in [0.1, 0.15) is 11.0 Å². The number of aliphatic imine (C=N–C) groups is 1. The Balaban J connectivity index is 1.79. The number of nitrogens with zero attached hydrogens (tertiary/aromatic N) is 2. The molecule has 1 atom stereocenters. The van der Waals surface area contributed by atoms with Crippen LogP contribution in [-0.4, -0.2) is 41.3 Å². The molecule has 0 aliphatic carbocycles. The van der Waals surface area contributed by atoms with Crippen molar-refractivity contribution in [3.63, 3.8) is 0 Å². The van der Waals surface area contributed by atoms with Crippen LogP contribution in [0, 0.1) is 3.57 Å². The third-order valence-corrected chi connectivity index (χ3v) is 5.94. The standard InChI is InChI=1S/C19H18IN3O3S/c1-23-17(24)11-16(18(25)22-14-5-3-4-6-15(14)26-2)27-19(23)21-13-9-7-12(20)8-10-13/h3-10,16H,11H2,1-2H3,(H,22,25). The molecule has 1 fully saturated rings. The lowest BCUT2D eigenvalue weighted by Gasteiger charge is -2.29. The van der Waals surface area contributed by atoms with Crippen LogP contribution in [0.4, 0.5) is 11.4 Å².